The largest absolute Gasteiger partial charge is 0.0687 e. The van der Waals surface area contributed by atoms with E-state index >= 15 is 0 Å². The Morgan fingerprint density at radius 1 is 0.577 bits per heavy atom. The second kappa shape index (κ2) is 16.6. The monoisotopic (exact) mass is 324 g/mol. The summed E-state index contributed by atoms with van der Waals surface area (Å²) in [4.78, 5) is 0. The highest BCUT2D eigenvalue weighted by Gasteiger charge is 2.00. The van der Waals surface area contributed by atoms with Gasteiger partial charge >= 0.3 is 0 Å². The molecule has 0 aliphatic heterocycles. The van der Waals surface area contributed by atoms with Crippen molar-refractivity contribution in [3.63, 3.8) is 0 Å². The molecular formula is C26H12. The molecule has 0 heteroatoms. The van der Waals surface area contributed by atoms with Gasteiger partial charge in [-0.05, 0) is 113 Å². The Morgan fingerprint density at radius 3 is 1.38 bits per heavy atom. The van der Waals surface area contributed by atoms with Gasteiger partial charge in [0, 0.05) is 5.92 Å². The van der Waals surface area contributed by atoms with Gasteiger partial charge < -0.3 is 0 Å². The number of hydrogen-bond donors (Lipinski definition) is 0. The van der Waals surface area contributed by atoms with Crippen molar-refractivity contribution in [2.45, 2.75) is 6.92 Å². The van der Waals surface area contributed by atoms with E-state index in [1.807, 2.05) is 6.92 Å². The average molecular weight is 324 g/mol. The minimum Gasteiger partial charge on any atom is -0.0687 e. The standard InChI is InChI=1S/C26H12/c1-5-8-11-14-17-20-23-26(24-21-18-15-12-9-6-2)25(4)22-19-16-13-10-7-3/h23-24,26H,1-3H2,4H3. The lowest BCUT2D eigenvalue weighted by molar-refractivity contribution is 0.975. The summed E-state index contributed by atoms with van der Waals surface area (Å²) in [6.45, 7) is 11.9. The molecule has 0 fully saturated rings. The number of rotatable bonds is 3. The van der Waals surface area contributed by atoms with Crippen molar-refractivity contribution in [1.82, 2.24) is 0 Å². The Balaban J connectivity index is 6.48. The van der Waals surface area contributed by atoms with Crippen LogP contribution in [0.1, 0.15) is 6.92 Å². The maximum Gasteiger partial charge on any atom is 0.0400 e. The molecule has 0 bridgehead atoms. The third-order valence-corrected chi connectivity index (χ3v) is 2.26. The van der Waals surface area contributed by atoms with Gasteiger partial charge in [0.05, 0.1) is 0 Å². The molecule has 0 aliphatic rings. The Bertz CT molecular complexity index is 1190. The van der Waals surface area contributed by atoms with Crippen LogP contribution in [0.5, 0.6) is 0 Å². The Labute approximate surface area is 153 Å². The first-order chi connectivity index (χ1) is 12.8. The molecule has 0 N–H and O–H groups in total. The minimum absolute atomic E-state index is 0.190. The zero-order chi connectivity index (χ0) is 19.3. The lowest BCUT2D eigenvalue weighted by atomic mass is 10.0. The van der Waals surface area contributed by atoms with Gasteiger partial charge in [0.15, 0.2) is 0 Å². The van der Waals surface area contributed by atoms with Crippen LogP contribution in [-0.2, 0) is 0 Å². The van der Waals surface area contributed by atoms with E-state index in [-0.39, 0.29) is 5.92 Å². The van der Waals surface area contributed by atoms with Gasteiger partial charge in [0.25, 0.3) is 0 Å². The third kappa shape index (κ3) is 13.0. The van der Waals surface area contributed by atoms with Gasteiger partial charge in [-0.3, -0.25) is 0 Å². The summed E-state index contributed by atoms with van der Waals surface area (Å²) < 4.78 is 0. The lowest BCUT2D eigenvalue weighted by Crippen LogP contribution is -1.90. The predicted octanol–water partition coefficient (Wildman–Crippen LogP) is 5.34. The number of allylic oxidation sites excluding steroid dienone is 3. The van der Waals surface area contributed by atoms with Crippen molar-refractivity contribution in [1.29, 1.82) is 0 Å². The normalized spacial score (nSPS) is 6.50. The molecule has 26 heavy (non-hydrogen) atoms. The van der Waals surface area contributed by atoms with Crippen molar-refractivity contribution < 1.29 is 0 Å². The highest BCUT2D eigenvalue weighted by Crippen LogP contribution is 2.11. The first kappa shape index (κ1) is 21.3. The summed E-state index contributed by atoms with van der Waals surface area (Å²) in [5, 5.41) is 0. The van der Waals surface area contributed by atoms with Crippen LogP contribution in [0.2, 0.25) is 0 Å². The minimum atomic E-state index is -0.190. The van der Waals surface area contributed by atoms with E-state index in [2.05, 4.69) is 123 Å². The Morgan fingerprint density at radius 2 is 0.962 bits per heavy atom. The van der Waals surface area contributed by atoms with Gasteiger partial charge in [0.2, 0.25) is 0 Å². The molecule has 0 aromatic heterocycles. The van der Waals surface area contributed by atoms with Crippen molar-refractivity contribution in [3.05, 3.63) is 141 Å². The fourth-order valence-corrected chi connectivity index (χ4v) is 1.17. The van der Waals surface area contributed by atoms with Crippen LogP contribution in [0.15, 0.2) is 141 Å². The Hall–Kier alpha value is -4.74. The first-order valence-corrected chi connectivity index (χ1v) is 7.09. The predicted molar refractivity (Wildman–Crippen MR) is 102 cm³/mol. The van der Waals surface area contributed by atoms with Crippen LogP contribution in [0, 0.1) is 5.92 Å². The van der Waals surface area contributed by atoms with Crippen LogP contribution in [-0.4, -0.2) is 0 Å². The molecule has 0 amide bonds. The van der Waals surface area contributed by atoms with Crippen LogP contribution in [0.25, 0.3) is 0 Å². The Kier molecular flexibility index (Phi) is 13.6. The molecule has 0 rings (SSSR count). The zero-order valence-corrected chi connectivity index (χ0v) is 14.4. The van der Waals surface area contributed by atoms with Gasteiger partial charge in [-0.15, -0.1) is 0 Å². The molecule has 0 atom stereocenters. The van der Waals surface area contributed by atoms with E-state index in [9.17, 15) is 0 Å². The van der Waals surface area contributed by atoms with Crippen molar-refractivity contribution >= 4 is 0 Å². The summed E-state index contributed by atoms with van der Waals surface area (Å²) in [5.74, 6) is -0.190. The molecule has 0 radical (unpaired) electrons. The van der Waals surface area contributed by atoms with E-state index in [4.69, 9.17) is 0 Å². The maximum atomic E-state index is 3.36. The van der Waals surface area contributed by atoms with E-state index in [1.165, 1.54) is 0 Å². The lowest BCUT2D eigenvalue weighted by Gasteiger charge is -2.00. The fourth-order valence-electron chi connectivity index (χ4n) is 1.17. The second-order valence-electron chi connectivity index (χ2n) is 3.99. The summed E-state index contributed by atoms with van der Waals surface area (Å²) in [7, 11) is 0. The van der Waals surface area contributed by atoms with Crippen LogP contribution in [0.3, 0.4) is 0 Å². The molecule has 0 heterocycles. The van der Waals surface area contributed by atoms with E-state index in [0.29, 0.717) is 0 Å². The van der Waals surface area contributed by atoms with Crippen molar-refractivity contribution in [2.24, 2.45) is 5.92 Å². The molecule has 0 unspecified atom stereocenters. The molecule has 0 spiro atoms. The molecule has 0 aromatic rings. The number of hydrogen-bond acceptors (Lipinski definition) is 0. The summed E-state index contributed by atoms with van der Waals surface area (Å²) >= 11 is 0. The first-order valence-electron chi connectivity index (χ1n) is 7.09. The van der Waals surface area contributed by atoms with Crippen LogP contribution >= 0.6 is 0 Å². The van der Waals surface area contributed by atoms with Gasteiger partial charge in [-0.1, -0.05) is 34.4 Å². The third-order valence-electron chi connectivity index (χ3n) is 2.26. The summed E-state index contributed by atoms with van der Waals surface area (Å²) in [5.41, 5.74) is 47.8. The molecular weight excluding hydrogens is 312 g/mol. The van der Waals surface area contributed by atoms with Gasteiger partial charge in [-0.25, -0.2) is 0 Å². The van der Waals surface area contributed by atoms with Gasteiger partial charge in [-0.2, -0.15) is 0 Å². The summed E-state index contributed by atoms with van der Waals surface area (Å²) in [6, 6.07) is 0. The molecule has 116 valence electrons. The van der Waals surface area contributed by atoms with Crippen LogP contribution in [0.4, 0.5) is 0 Å². The maximum absolute atomic E-state index is 3.36. The molecule has 0 saturated heterocycles. The molecule has 0 saturated carbocycles. The molecule has 0 aromatic carbocycles. The second-order valence-corrected chi connectivity index (χ2v) is 3.99. The van der Waals surface area contributed by atoms with Crippen molar-refractivity contribution in [3.8, 4) is 0 Å². The fraction of sp³-hybridized carbons (Fsp3) is 0.0769. The zero-order valence-electron chi connectivity index (χ0n) is 14.4. The van der Waals surface area contributed by atoms with E-state index < -0.39 is 0 Å². The molecule has 0 aliphatic carbocycles. The van der Waals surface area contributed by atoms with E-state index in [0.717, 1.165) is 5.57 Å². The topological polar surface area (TPSA) is 0 Å². The van der Waals surface area contributed by atoms with Crippen LogP contribution < -0.4 is 0 Å². The highest BCUT2D eigenvalue weighted by molar-refractivity contribution is 5.17. The smallest absolute Gasteiger partial charge is 0.0400 e. The average Bonchev–Trinajstić information content (AvgIpc) is 2.65. The summed E-state index contributed by atoms with van der Waals surface area (Å²) in [6.07, 6.45) is 3.47. The molecule has 0 nitrogen and oxygen atoms in total. The van der Waals surface area contributed by atoms with Gasteiger partial charge in [0.1, 0.15) is 0 Å². The SMILES string of the molecule is C=C=C=C=C=C=C=CC(C=C=C=C=C=C=C=C)C(C)=C=C=C=C=C=C=C. The van der Waals surface area contributed by atoms with E-state index in [1.54, 1.807) is 12.2 Å². The van der Waals surface area contributed by atoms with Crippen molar-refractivity contribution in [2.75, 3.05) is 0 Å². The highest BCUT2D eigenvalue weighted by atomic mass is 14.0. The quantitative estimate of drug-likeness (QED) is 0.615.